The van der Waals surface area contributed by atoms with Crippen LogP contribution in [0.5, 0.6) is 0 Å². The van der Waals surface area contributed by atoms with Crippen molar-refractivity contribution < 1.29 is 0 Å². The first-order valence-corrected chi connectivity index (χ1v) is 5.83. The van der Waals surface area contributed by atoms with Gasteiger partial charge in [0.15, 0.2) is 0 Å². The van der Waals surface area contributed by atoms with Gasteiger partial charge in [0.25, 0.3) is 0 Å². The molecule has 0 saturated carbocycles. The van der Waals surface area contributed by atoms with Crippen LogP contribution in [0, 0.1) is 0 Å². The minimum absolute atomic E-state index is 0.886. The molecule has 84 valence electrons. The Morgan fingerprint density at radius 1 is 1.06 bits per heavy atom. The monoisotopic (exact) mass is 214 g/mol. The summed E-state index contributed by atoms with van der Waals surface area (Å²) in [6, 6.07) is 14.6. The molecule has 0 radical (unpaired) electrons. The Kier molecular flexibility index (Phi) is 3.65. The highest BCUT2D eigenvalue weighted by Crippen LogP contribution is 2.09. The molecule has 0 aliphatic carbocycles. The van der Waals surface area contributed by atoms with E-state index in [2.05, 4.69) is 47.3 Å². The molecule has 2 heteroatoms. The highest BCUT2D eigenvalue weighted by molar-refractivity contribution is 5.42. The van der Waals surface area contributed by atoms with Crippen LogP contribution in [-0.2, 0) is 13.1 Å². The van der Waals surface area contributed by atoms with Crippen molar-refractivity contribution in [2.24, 2.45) is 0 Å². The molecule has 0 bridgehead atoms. The lowest BCUT2D eigenvalue weighted by Gasteiger charge is -2.09. The van der Waals surface area contributed by atoms with E-state index < -0.39 is 0 Å². The third-order valence-corrected chi connectivity index (χ3v) is 2.64. The number of aromatic nitrogens is 1. The van der Waals surface area contributed by atoms with Gasteiger partial charge in [-0.15, -0.1) is 0 Å². The standard InChI is InChI=1S/C14H18N2/c1-2-10-16-11-6-9-14(16)12-15-13-7-4-3-5-8-13/h3-9,11,15H,2,10,12H2,1H3. The van der Waals surface area contributed by atoms with Crippen LogP contribution in [0.2, 0.25) is 0 Å². The van der Waals surface area contributed by atoms with E-state index in [0.717, 1.165) is 13.1 Å². The van der Waals surface area contributed by atoms with E-state index in [1.807, 2.05) is 18.2 Å². The van der Waals surface area contributed by atoms with E-state index in [-0.39, 0.29) is 0 Å². The molecule has 0 unspecified atom stereocenters. The van der Waals surface area contributed by atoms with Crippen molar-refractivity contribution in [3.05, 3.63) is 54.4 Å². The second-order valence-corrected chi connectivity index (χ2v) is 3.91. The average Bonchev–Trinajstić information content (AvgIpc) is 2.76. The molecule has 1 heterocycles. The lowest BCUT2D eigenvalue weighted by Crippen LogP contribution is -2.06. The van der Waals surface area contributed by atoms with Gasteiger partial charge in [-0.3, -0.25) is 0 Å². The largest absolute Gasteiger partial charge is 0.379 e. The molecule has 0 aliphatic rings. The Balaban J connectivity index is 1.97. The summed E-state index contributed by atoms with van der Waals surface area (Å²) in [7, 11) is 0. The quantitative estimate of drug-likeness (QED) is 0.806. The summed E-state index contributed by atoms with van der Waals surface area (Å²) in [6.45, 7) is 4.18. The number of benzene rings is 1. The zero-order chi connectivity index (χ0) is 11.2. The van der Waals surface area contributed by atoms with Crippen LogP contribution in [0.4, 0.5) is 5.69 Å². The number of anilines is 1. The van der Waals surface area contributed by atoms with Gasteiger partial charge in [-0.1, -0.05) is 25.1 Å². The van der Waals surface area contributed by atoms with Gasteiger partial charge in [0, 0.05) is 24.1 Å². The SMILES string of the molecule is CCCn1cccc1CNc1ccccc1. The van der Waals surface area contributed by atoms with Gasteiger partial charge >= 0.3 is 0 Å². The second-order valence-electron chi connectivity index (χ2n) is 3.91. The lowest BCUT2D eigenvalue weighted by molar-refractivity contribution is 0.654. The first-order chi connectivity index (χ1) is 7.90. The van der Waals surface area contributed by atoms with Crippen LogP contribution in [-0.4, -0.2) is 4.57 Å². The van der Waals surface area contributed by atoms with E-state index in [4.69, 9.17) is 0 Å². The Morgan fingerprint density at radius 3 is 2.62 bits per heavy atom. The van der Waals surface area contributed by atoms with Crippen molar-refractivity contribution >= 4 is 5.69 Å². The third kappa shape index (κ3) is 2.66. The molecule has 0 fully saturated rings. The van der Waals surface area contributed by atoms with Crippen molar-refractivity contribution in [1.29, 1.82) is 0 Å². The van der Waals surface area contributed by atoms with Gasteiger partial charge in [-0.05, 0) is 30.7 Å². The first-order valence-electron chi connectivity index (χ1n) is 5.83. The summed E-state index contributed by atoms with van der Waals surface area (Å²) in [4.78, 5) is 0. The van der Waals surface area contributed by atoms with Crippen molar-refractivity contribution in [3.63, 3.8) is 0 Å². The zero-order valence-electron chi connectivity index (χ0n) is 9.69. The topological polar surface area (TPSA) is 17.0 Å². The number of aryl methyl sites for hydroxylation is 1. The van der Waals surface area contributed by atoms with Crippen LogP contribution < -0.4 is 5.32 Å². The molecule has 0 aliphatic heterocycles. The minimum atomic E-state index is 0.886. The van der Waals surface area contributed by atoms with Crippen LogP contribution in [0.3, 0.4) is 0 Å². The fourth-order valence-electron chi connectivity index (χ4n) is 1.82. The molecule has 2 nitrogen and oxygen atoms in total. The fourth-order valence-corrected chi connectivity index (χ4v) is 1.82. The lowest BCUT2D eigenvalue weighted by atomic mass is 10.3. The van der Waals surface area contributed by atoms with Gasteiger partial charge in [-0.25, -0.2) is 0 Å². The highest BCUT2D eigenvalue weighted by Gasteiger charge is 1.99. The number of hydrogen-bond acceptors (Lipinski definition) is 1. The molecule has 0 spiro atoms. The van der Waals surface area contributed by atoms with Crippen molar-refractivity contribution in [1.82, 2.24) is 4.57 Å². The van der Waals surface area contributed by atoms with E-state index in [1.165, 1.54) is 17.8 Å². The van der Waals surface area contributed by atoms with E-state index >= 15 is 0 Å². The predicted molar refractivity (Wildman–Crippen MR) is 68.5 cm³/mol. The van der Waals surface area contributed by atoms with Gasteiger partial charge in [-0.2, -0.15) is 0 Å². The van der Waals surface area contributed by atoms with Gasteiger partial charge < -0.3 is 9.88 Å². The smallest absolute Gasteiger partial charge is 0.0553 e. The Hall–Kier alpha value is -1.70. The maximum Gasteiger partial charge on any atom is 0.0553 e. The average molecular weight is 214 g/mol. The molecule has 1 aromatic carbocycles. The summed E-state index contributed by atoms with van der Waals surface area (Å²) < 4.78 is 2.30. The Morgan fingerprint density at radius 2 is 1.88 bits per heavy atom. The molecular weight excluding hydrogens is 196 g/mol. The van der Waals surface area contributed by atoms with Crippen LogP contribution >= 0.6 is 0 Å². The van der Waals surface area contributed by atoms with Crippen LogP contribution in [0.15, 0.2) is 48.7 Å². The molecule has 0 saturated heterocycles. The number of rotatable bonds is 5. The number of nitrogens with one attached hydrogen (secondary N) is 1. The van der Waals surface area contributed by atoms with Crippen molar-refractivity contribution in [3.8, 4) is 0 Å². The van der Waals surface area contributed by atoms with Crippen LogP contribution in [0.25, 0.3) is 0 Å². The summed E-state index contributed by atoms with van der Waals surface area (Å²) >= 11 is 0. The molecule has 1 aromatic heterocycles. The first kappa shape index (κ1) is 10.8. The van der Waals surface area contributed by atoms with E-state index in [1.54, 1.807) is 0 Å². The molecular formula is C14H18N2. The number of para-hydroxylation sites is 1. The molecule has 0 atom stereocenters. The molecule has 2 rings (SSSR count). The summed E-state index contributed by atoms with van der Waals surface area (Å²) in [5.74, 6) is 0. The summed E-state index contributed by atoms with van der Waals surface area (Å²) in [5.41, 5.74) is 2.51. The predicted octanol–water partition coefficient (Wildman–Crippen LogP) is 3.51. The maximum atomic E-state index is 3.43. The zero-order valence-corrected chi connectivity index (χ0v) is 9.69. The number of nitrogens with zero attached hydrogens (tertiary/aromatic N) is 1. The fraction of sp³-hybridized carbons (Fsp3) is 0.286. The van der Waals surface area contributed by atoms with Crippen molar-refractivity contribution in [2.45, 2.75) is 26.4 Å². The molecule has 1 N–H and O–H groups in total. The Bertz CT molecular complexity index is 417. The second kappa shape index (κ2) is 5.40. The maximum absolute atomic E-state index is 3.43. The van der Waals surface area contributed by atoms with Crippen LogP contribution in [0.1, 0.15) is 19.0 Å². The van der Waals surface area contributed by atoms with Gasteiger partial charge in [0.1, 0.15) is 0 Å². The molecule has 0 amide bonds. The van der Waals surface area contributed by atoms with E-state index in [9.17, 15) is 0 Å². The van der Waals surface area contributed by atoms with E-state index in [0.29, 0.717) is 0 Å². The van der Waals surface area contributed by atoms with Crippen molar-refractivity contribution in [2.75, 3.05) is 5.32 Å². The molecule has 2 aromatic rings. The summed E-state index contributed by atoms with van der Waals surface area (Å²) in [6.07, 6.45) is 3.32. The number of hydrogen-bond donors (Lipinski definition) is 1. The molecule has 16 heavy (non-hydrogen) atoms. The normalized spacial score (nSPS) is 10.3. The highest BCUT2D eigenvalue weighted by atomic mass is 15.0. The third-order valence-electron chi connectivity index (χ3n) is 2.64. The summed E-state index contributed by atoms with van der Waals surface area (Å²) in [5, 5.41) is 3.43. The Labute approximate surface area is 96.9 Å². The van der Waals surface area contributed by atoms with Gasteiger partial charge in [0.2, 0.25) is 0 Å². The minimum Gasteiger partial charge on any atom is -0.379 e. The van der Waals surface area contributed by atoms with Gasteiger partial charge in [0.05, 0.1) is 6.54 Å².